The molecule has 1 fully saturated rings. The van der Waals surface area contributed by atoms with Gasteiger partial charge >= 0.3 is 0 Å². The minimum atomic E-state index is 0.299. The van der Waals surface area contributed by atoms with Gasteiger partial charge in [0.15, 0.2) is 0 Å². The number of nitrogens with two attached hydrogens (primary N) is 1. The summed E-state index contributed by atoms with van der Waals surface area (Å²) in [7, 11) is 2.22. The molecule has 2 N–H and O–H groups in total. The lowest BCUT2D eigenvalue weighted by molar-refractivity contribution is 0.109. The van der Waals surface area contributed by atoms with Crippen LogP contribution in [0.4, 0.5) is 0 Å². The first kappa shape index (κ1) is 15.5. The van der Waals surface area contributed by atoms with Crippen molar-refractivity contribution in [1.82, 2.24) is 4.90 Å². The second-order valence-electron chi connectivity index (χ2n) is 7.35. The molecule has 1 aromatic carbocycles. The molecule has 0 aliphatic heterocycles. The van der Waals surface area contributed by atoms with E-state index in [0.717, 1.165) is 13.1 Å². The lowest BCUT2D eigenvalue weighted by Crippen LogP contribution is -2.49. The average Bonchev–Trinajstić information content (AvgIpc) is 2.38. The van der Waals surface area contributed by atoms with Gasteiger partial charge in [0.25, 0.3) is 0 Å². The van der Waals surface area contributed by atoms with E-state index >= 15 is 0 Å². The van der Waals surface area contributed by atoms with Crippen LogP contribution < -0.4 is 5.73 Å². The van der Waals surface area contributed by atoms with E-state index < -0.39 is 0 Å². The Morgan fingerprint density at radius 2 is 1.90 bits per heavy atom. The third-order valence-corrected chi connectivity index (χ3v) is 4.93. The van der Waals surface area contributed by atoms with E-state index in [4.69, 9.17) is 5.73 Å². The van der Waals surface area contributed by atoms with Gasteiger partial charge in [0.2, 0.25) is 0 Å². The van der Waals surface area contributed by atoms with Crippen LogP contribution in [0.25, 0.3) is 0 Å². The Morgan fingerprint density at radius 1 is 1.25 bits per heavy atom. The quantitative estimate of drug-likeness (QED) is 0.909. The van der Waals surface area contributed by atoms with Gasteiger partial charge in [0.05, 0.1) is 0 Å². The number of hydrogen-bond donors (Lipinski definition) is 1. The lowest BCUT2D eigenvalue weighted by Gasteiger charge is -2.43. The Hall–Kier alpha value is -0.860. The van der Waals surface area contributed by atoms with E-state index in [1.807, 2.05) is 0 Å². The van der Waals surface area contributed by atoms with Crippen LogP contribution >= 0.6 is 0 Å². The SMILES string of the molecule is Cc1ccc(CN(C)CC2CCCC(C)(C)C2N)cc1. The second kappa shape index (κ2) is 6.28. The number of benzene rings is 1. The van der Waals surface area contributed by atoms with Gasteiger partial charge in [-0.05, 0) is 43.7 Å². The van der Waals surface area contributed by atoms with E-state index in [9.17, 15) is 0 Å². The highest BCUT2D eigenvalue weighted by Gasteiger charge is 2.36. The number of rotatable bonds is 4. The molecular weight excluding hydrogens is 244 g/mol. The molecule has 0 radical (unpaired) electrons. The lowest BCUT2D eigenvalue weighted by atomic mass is 9.68. The van der Waals surface area contributed by atoms with Gasteiger partial charge in [-0.25, -0.2) is 0 Å². The fourth-order valence-electron chi connectivity index (χ4n) is 3.48. The third-order valence-electron chi connectivity index (χ3n) is 4.93. The maximum Gasteiger partial charge on any atom is 0.0230 e. The van der Waals surface area contributed by atoms with Crippen LogP contribution in [0.5, 0.6) is 0 Å². The highest BCUT2D eigenvalue weighted by Crippen LogP contribution is 2.37. The Balaban J connectivity index is 1.90. The summed E-state index contributed by atoms with van der Waals surface area (Å²) in [5, 5.41) is 0. The molecular formula is C18H30N2. The molecule has 2 nitrogen and oxygen atoms in total. The molecule has 1 aliphatic rings. The minimum absolute atomic E-state index is 0.299. The zero-order valence-corrected chi connectivity index (χ0v) is 13.5. The Morgan fingerprint density at radius 3 is 2.55 bits per heavy atom. The van der Waals surface area contributed by atoms with Crippen LogP contribution in [0.3, 0.4) is 0 Å². The number of hydrogen-bond acceptors (Lipinski definition) is 2. The van der Waals surface area contributed by atoms with Crippen molar-refractivity contribution in [2.24, 2.45) is 17.1 Å². The van der Waals surface area contributed by atoms with Crippen molar-refractivity contribution in [2.75, 3.05) is 13.6 Å². The maximum absolute atomic E-state index is 6.49. The van der Waals surface area contributed by atoms with Crippen molar-refractivity contribution in [3.8, 4) is 0 Å². The van der Waals surface area contributed by atoms with Crippen molar-refractivity contribution in [3.05, 3.63) is 35.4 Å². The number of nitrogens with zero attached hydrogens (tertiary/aromatic N) is 1. The predicted octanol–water partition coefficient (Wildman–Crippen LogP) is 3.58. The van der Waals surface area contributed by atoms with E-state index in [1.165, 1.54) is 30.4 Å². The molecule has 1 aromatic rings. The maximum atomic E-state index is 6.49. The fraction of sp³-hybridized carbons (Fsp3) is 0.667. The van der Waals surface area contributed by atoms with Crippen molar-refractivity contribution in [1.29, 1.82) is 0 Å². The highest BCUT2D eigenvalue weighted by molar-refractivity contribution is 5.21. The molecule has 0 amide bonds. The first-order chi connectivity index (χ1) is 9.38. The topological polar surface area (TPSA) is 29.3 Å². The third kappa shape index (κ3) is 3.83. The van der Waals surface area contributed by atoms with E-state index in [0.29, 0.717) is 17.4 Å². The summed E-state index contributed by atoms with van der Waals surface area (Å²) in [6, 6.07) is 9.18. The molecule has 2 unspecified atom stereocenters. The molecule has 1 saturated carbocycles. The van der Waals surface area contributed by atoms with Gasteiger partial charge in [0.1, 0.15) is 0 Å². The monoisotopic (exact) mass is 274 g/mol. The normalized spacial score (nSPS) is 25.9. The molecule has 0 bridgehead atoms. The predicted molar refractivity (Wildman–Crippen MR) is 86.6 cm³/mol. The van der Waals surface area contributed by atoms with Crippen molar-refractivity contribution in [3.63, 3.8) is 0 Å². The van der Waals surface area contributed by atoms with E-state index in [1.54, 1.807) is 0 Å². The van der Waals surface area contributed by atoms with Crippen molar-refractivity contribution >= 4 is 0 Å². The molecule has 112 valence electrons. The summed E-state index contributed by atoms with van der Waals surface area (Å²) in [5.41, 5.74) is 9.51. The summed E-state index contributed by atoms with van der Waals surface area (Å²) in [6.07, 6.45) is 3.87. The van der Waals surface area contributed by atoms with Crippen molar-refractivity contribution in [2.45, 2.75) is 52.6 Å². The summed E-state index contributed by atoms with van der Waals surface area (Å²) < 4.78 is 0. The van der Waals surface area contributed by atoms with Gasteiger partial charge in [0, 0.05) is 19.1 Å². The van der Waals surface area contributed by atoms with Gasteiger partial charge in [-0.3, -0.25) is 0 Å². The molecule has 0 heterocycles. The standard InChI is InChI=1S/C18H30N2/c1-14-7-9-15(10-8-14)12-20(4)13-16-6-5-11-18(2,3)17(16)19/h7-10,16-17H,5-6,11-13,19H2,1-4H3. The summed E-state index contributed by atoms with van der Waals surface area (Å²) in [5.74, 6) is 0.634. The summed E-state index contributed by atoms with van der Waals surface area (Å²) >= 11 is 0. The van der Waals surface area contributed by atoms with Gasteiger partial charge in [-0.15, -0.1) is 0 Å². The van der Waals surface area contributed by atoms with Gasteiger partial charge in [-0.1, -0.05) is 50.1 Å². The van der Waals surface area contributed by atoms with E-state index in [-0.39, 0.29) is 0 Å². The second-order valence-corrected chi connectivity index (χ2v) is 7.35. The molecule has 0 aromatic heterocycles. The summed E-state index contributed by atoms with van der Waals surface area (Å²) in [6.45, 7) is 8.91. The molecule has 0 spiro atoms. The zero-order valence-electron chi connectivity index (χ0n) is 13.5. The van der Waals surface area contributed by atoms with Gasteiger partial charge in [-0.2, -0.15) is 0 Å². The molecule has 1 aliphatic carbocycles. The minimum Gasteiger partial charge on any atom is -0.327 e. The fourth-order valence-corrected chi connectivity index (χ4v) is 3.48. The largest absolute Gasteiger partial charge is 0.327 e. The Kier molecular flexibility index (Phi) is 4.87. The van der Waals surface area contributed by atoms with Crippen LogP contribution in [-0.4, -0.2) is 24.5 Å². The molecule has 2 rings (SSSR count). The Labute approximate surface area is 124 Å². The Bertz CT molecular complexity index is 422. The van der Waals surface area contributed by atoms with Crippen LogP contribution in [0.15, 0.2) is 24.3 Å². The average molecular weight is 274 g/mol. The smallest absolute Gasteiger partial charge is 0.0230 e. The molecule has 2 heteroatoms. The van der Waals surface area contributed by atoms with Crippen molar-refractivity contribution < 1.29 is 0 Å². The first-order valence-corrected chi connectivity index (χ1v) is 7.88. The van der Waals surface area contributed by atoms with Crippen LogP contribution in [-0.2, 0) is 6.54 Å². The summed E-state index contributed by atoms with van der Waals surface area (Å²) in [4.78, 5) is 2.43. The number of aryl methyl sites for hydroxylation is 1. The zero-order chi connectivity index (χ0) is 14.8. The molecule has 20 heavy (non-hydrogen) atoms. The first-order valence-electron chi connectivity index (χ1n) is 7.88. The molecule has 0 saturated heterocycles. The van der Waals surface area contributed by atoms with Gasteiger partial charge < -0.3 is 10.6 Å². The van der Waals surface area contributed by atoms with Crippen LogP contribution in [0, 0.1) is 18.3 Å². The molecule has 2 atom stereocenters. The van der Waals surface area contributed by atoms with Crippen LogP contribution in [0.1, 0.15) is 44.2 Å². The van der Waals surface area contributed by atoms with Crippen LogP contribution in [0.2, 0.25) is 0 Å². The highest BCUT2D eigenvalue weighted by atomic mass is 15.1. The van der Waals surface area contributed by atoms with E-state index in [2.05, 4.69) is 57.0 Å².